The van der Waals surface area contributed by atoms with Gasteiger partial charge in [-0.3, -0.25) is 28.4 Å². The van der Waals surface area contributed by atoms with E-state index in [1.807, 2.05) is 20.8 Å². The van der Waals surface area contributed by atoms with Gasteiger partial charge in [0.15, 0.2) is 5.65 Å². The lowest BCUT2D eigenvalue weighted by atomic mass is 9.96. The van der Waals surface area contributed by atoms with Crippen molar-refractivity contribution < 1.29 is 9.59 Å². The largest absolute Gasteiger partial charge is 0.354 e. The average Bonchev–Trinajstić information content (AvgIpc) is 3.05. The average molecular weight is 497 g/mol. The molecule has 1 fully saturated rings. The Kier molecular flexibility index (Phi) is 7.10. The Hall–Kier alpha value is -2.25. The fraction of sp³-hybridized carbons (Fsp3) is 0.526. The lowest BCUT2D eigenvalue weighted by Gasteiger charge is -2.19. The molecular weight excluding hydrogens is 472 g/mol. The number of thiocarbonyl (C=S) groups is 1. The molecule has 1 saturated heterocycles. The molecule has 172 valence electrons. The van der Waals surface area contributed by atoms with Gasteiger partial charge in [-0.1, -0.05) is 56.5 Å². The van der Waals surface area contributed by atoms with E-state index in [4.69, 9.17) is 12.2 Å². The van der Waals surface area contributed by atoms with Crippen LogP contribution in [0.2, 0.25) is 0 Å². The number of aromatic nitrogens is 4. The molecule has 10 nitrogen and oxygen atoms in total. The molecule has 2 aromatic rings. The minimum Gasteiger partial charge on any atom is -0.354 e. The molecule has 3 heterocycles. The molecule has 13 heteroatoms. The summed E-state index contributed by atoms with van der Waals surface area (Å²) in [5, 5.41) is 3.30. The van der Waals surface area contributed by atoms with Gasteiger partial charge in [-0.25, -0.2) is 14.8 Å². The van der Waals surface area contributed by atoms with E-state index in [9.17, 15) is 19.2 Å². The molecule has 0 unspecified atom stereocenters. The van der Waals surface area contributed by atoms with Crippen molar-refractivity contribution in [3.05, 3.63) is 26.7 Å². The van der Waals surface area contributed by atoms with Gasteiger partial charge in [0.25, 0.3) is 5.56 Å². The highest BCUT2D eigenvalue weighted by atomic mass is 32.2. The normalized spacial score (nSPS) is 14.5. The molecule has 0 bridgehead atoms. The van der Waals surface area contributed by atoms with Gasteiger partial charge in [-0.05, 0) is 0 Å². The van der Waals surface area contributed by atoms with E-state index in [2.05, 4.69) is 15.3 Å². The summed E-state index contributed by atoms with van der Waals surface area (Å²) in [6.45, 7) is 6.36. The van der Waals surface area contributed by atoms with E-state index in [1.165, 1.54) is 28.3 Å². The first-order chi connectivity index (χ1) is 14.9. The second-order valence-electron chi connectivity index (χ2n) is 8.25. The molecule has 1 aliphatic rings. The highest BCUT2D eigenvalue weighted by molar-refractivity contribution is 8.23. The van der Waals surface area contributed by atoms with E-state index in [1.54, 1.807) is 7.05 Å². The van der Waals surface area contributed by atoms with Crippen LogP contribution in [0.15, 0.2) is 14.6 Å². The van der Waals surface area contributed by atoms with E-state index in [-0.39, 0.29) is 35.1 Å². The monoisotopic (exact) mass is 496 g/mol. The number of nitrogens with zero attached hydrogens (tertiary/aromatic N) is 5. The number of fused-ring (bicyclic) bond motifs is 1. The molecule has 0 spiro atoms. The number of carbonyl (C=O) groups is 2. The number of amides is 2. The SMILES string of the molecule is Cn1c(=O)c2c(SCC(=O)NCCN3C(=O)CSC3=S)nc(C(C)(C)C)nc2n(C)c1=O. The molecule has 0 saturated carbocycles. The van der Waals surface area contributed by atoms with Crippen LogP contribution in [0.4, 0.5) is 0 Å². The van der Waals surface area contributed by atoms with Gasteiger partial charge in [0.2, 0.25) is 11.8 Å². The van der Waals surface area contributed by atoms with Crippen molar-refractivity contribution in [2.75, 3.05) is 24.6 Å². The molecule has 0 aliphatic carbocycles. The molecule has 1 N–H and O–H groups in total. The maximum Gasteiger partial charge on any atom is 0.332 e. The quantitative estimate of drug-likeness (QED) is 0.344. The zero-order valence-electron chi connectivity index (χ0n) is 18.4. The summed E-state index contributed by atoms with van der Waals surface area (Å²) in [6, 6.07) is 0. The molecule has 0 atom stereocenters. The zero-order valence-corrected chi connectivity index (χ0v) is 20.9. The van der Waals surface area contributed by atoms with Crippen LogP contribution in [0.3, 0.4) is 0 Å². The van der Waals surface area contributed by atoms with E-state index < -0.39 is 16.7 Å². The fourth-order valence-electron chi connectivity index (χ4n) is 2.96. The van der Waals surface area contributed by atoms with E-state index >= 15 is 0 Å². The maximum atomic E-state index is 12.8. The summed E-state index contributed by atoms with van der Waals surface area (Å²) < 4.78 is 2.83. The Labute approximate surface area is 198 Å². The number of hydrogen-bond donors (Lipinski definition) is 1. The molecule has 0 aromatic carbocycles. The number of nitrogens with one attached hydrogen (secondary N) is 1. The Morgan fingerprint density at radius 1 is 1.19 bits per heavy atom. The molecular formula is C19H24N6O4S3. The van der Waals surface area contributed by atoms with Crippen LogP contribution >= 0.6 is 35.7 Å². The third-order valence-corrected chi connectivity index (χ3v) is 7.18. The summed E-state index contributed by atoms with van der Waals surface area (Å²) in [5.74, 6) is 0.471. The van der Waals surface area contributed by atoms with Crippen LogP contribution in [0.5, 0.6) is 0 Å². The number of hydrogen-bond acceptors (Lipinski definition) is 9. The van der Waals surface area contributed by atoms with Crippen LogP contribution in [0.25, 0.3) is 11.0 Å². The second kappa shape index (κ2) is 9.32. The van der Waals surface area contributed by atoms with E-state index in [0.717, 1.165) is 16.3 Å². The maximum absolute atomic E-state index is 12.8. The topological polar surface area (TPSA) is 119 Å². The van der Waals surface area contributed by atoms with Gasteiger partial charge in [-0.2, -0.15) is 0 Å². The first-order valence-corrected chi connectivity index (χ1v) is 12.1. The van der Waals surface area contributed by atoms with Gasteiger partial charge >= 0.3 is 5.69 Å². The minimum atomic E-state index is -0.509. The first kappa shape index (κ1) is 24.4. The predicted molar refractivity (Wildman–Crippen MR) is 129 cm³/mol. The molecule has 0 radical (unpaired) electrons. The fourth-order valence-corrected chi connectivity index (χ4v) is 4.92. The van der Waals surface area contributed by atoms with Crippen molar-refractivity contribution in [3.63, 3.8) is 0 Å². The first-order valence-electron chi connectivity index (χ1n) is 9.76. The number of aryl methyl sites for hydroxylation is 1. The van der Waals surface area contributed by atoms with Gasteiger partial charge in [-0.15, -0.1) is 0 Å². The highest BCUT2D eigenvalue weighted by Gasteiger charge is 2.26. The van der Waals surface area contributed by atoms with Gasteiger partial charge in [0, 0.05) is 32.6 Å². The van der Waals surface area contributed by atoms with Crippen LogP contribution in [-0.2, 0) is 29.1 Å². The Bertz CT molecular complexity index is 1210. The molecule has 3 rings (SSSR count). The molecule has 1 aliphatic heterocycles. The Morgan fingerprint density at radius 3 is 2.47 bits per heavy atom. The second-order valence-corrected chi connectivity index (χ2v) is 10.8. The molecule has 2 amide bonds. The third-order valence-electron chi connectivity index (χ3n) is 4.78. The van der Waals surface area contributed by atoms with Crippen molar-refractivity contribution in [2.45, 2.75) is 31.2 Å². The van der Waals surface area contributed by atoms with Crippen molar-refractivity contribution >= 4 is 62.9 Å². The minimum absolute atomic E-state index is 0.00876. The van der Waals surface area contributed by atoms with Crippen molar-refractivity contribution in [1.29, 1.82) is 0 Å². The Morgan fingerprint density at radius 2 is 1.88 bits per heavy atom. The van der Waals surface area contributed by atoms with Crippen LogP contribution < -0.4 is 16.6 Å². The lowest BCUT2D eigenvalue weighted by Crippen LogP contribution is -2.38. The van der Waals surface area contributed by atoms with Crippen LogP contribution in [0.1, 0.15) is 26.6 Å². The summed E-state index contributed by atoms with van der Waals surface area (Å²) in [5.41, 5.74) is -1.19. The van der Waals surface area contributed by atoms with Gasteiger partial charge < -0.3 is 5.32 Å². The molecule has 2 aromatic heterocycles. The van der Waals surface area contributed by atoms with E-state index in [0.29, 0.717) is 27.5 Å². The molecule has 32 heavy (non-hydrogen) atoms. The summed E-state index contributed by atoms with van der Waals surface area (Å²) in [6.07, 6.45) is 0. The summed E-state index contributed by atoms with van der Waals surface area (Å²) in [7, 11) is 2.94. The van der Waals surface area contributed by atoms with Crippen molar-refractivity contribution in [1.82, 2.24) is 29.3 Å². The van der Waals surface area contributed by atoms with Gasteiger partial charge in [0.1, 0.15) is 20.6 Å². The number of rotatable bonds is 6. The van der Waals surface area contributed by atoms with Gasteiger partial charge in [0.05, 0.1) is 11.5 Å². The van der Waals surface area contributed by atoms with Crippen LogP contribution in [-0.4, -0.2) is 64.7 Å². The van der Waals surface area contributed by atoms with Crippen molar-refractivity contribution in [2.24, 2.45) is 14.1 Å². The summed E-state index contributed by atoms with van der Waals surface area (Å²) >= 11 is 7.54. The number of carbonyl (C=O) groups excluding carboxylic acids is 2. The third kappa shape index (κ3) is 4.89. The summed E-state index contributed by atoms with van der Waals surface area (Å²) in [4.78, 5) is 59.8. The standard InChI is InChI=1S/C19H24N6O4S3/c1-19(2,3)16-21-13-12(15(28)24(5)17(29)23(13)4)14(22-16)31-8-10(26)20-6-7-25-11(27)9-32-18(25)30/h6-9H2,1-5H3,(H,20,26). The highest BCUT2D eigenvalue weighted by Crippen LogP contribution is 2.26. The van der Waals surface area contributed by atoms with Crippen LogP contribution in [0, 0.1) is 0 Å². The Balaban J connectivity index is 1.82. The smallest absolute Gasteiger partial charge is 0.332 e. The zero-order chi connectivity index (χ0) is 23.8. The number of thioether (sulfide) groups is 2. The predicted octanol–water partition coefficient (Wildman–Crippen LogP) is 0.393. The van der Waals surface area contributed by atoms with Crippen molar-refractivity contribution in [3.8, 4) is 0 Å². The lowest BCUT2D eigenvalue weighted by molar-refractivity contribution is -0.124.